The maximum atomic E-state index is 12.4. The third-order valence-electron chi connectivity index (χ3n) is 3.91. The molecular weight excluding hydrogens is 270 g/mol. The summed E-state index contributed by atoms with van der Waals surface area (Å²) in [5.74, 6) is -0.990. The lowest BCUT2D eigenvalue weighted by molar-refractivity contribution is -0.145. The maximum Gasteiger partial charge on any atom is 0.326 e. The van der Waals surface area contributed by atoms with Gasteiger partial charge in [0.2, 0.25) is 0 Å². The van der Waals surface area contributed by atoms with Crippen molar-refractivity contribution in [3.8, 4) is 0 Å². The number of aryl methyl sites for hydroxylation is 2. The quantitative estimate of drug-likeness (QED) is 0.876. The van der Waals surface area contributed by atoms with Crippen molar-refractivity contribution in [2.24, 2.45) is 5.92 Å². The van der Waals surface area contributed by atoms with E-state index in [9.17, 15) is 14.7 Å². The fraction of sp³-hybridized carbons (Fsp3) is 0.533. The Morgan fingerprint density at radius 2 is 2.10 bits per heavy atom. The van der Waals surface area contributed by atoms with Crippen LogP contribution in [-0.2, 0) is 4.79 Å². The van der Waals surface area contributed by atoms with Crippen LogP contribution < -0.4 is 5.32 Å². The van der Waals surface area contributed by atoms with Crippen LogP contribution in [0.15, 0.2) is 12.1 Å². The number of carbonyl (C=O) groups is 2. The molecule has 2 unspecified atom stereocenters. The predicted octanol–water partition coefficient (Wildman–Crippen LogP) is 2.42. The molecule has 0 spiro atoms. The van der Waals surface area contributed by atoms with E-state index in [0.29, 0.717) is 12.2 Å². The first-order valence-corrected chi connectivity index (χ1v) is 7.15. The standard InChI is InChI=1S/C15H21N3O3/c1-9-5-4-8-18(13(9)14(19)20)15(21)17-12-7-6-10(2)16-11(12)3/h6-7,9,13H,4-5,8H2,1-3H3,(H,17,21)(H,19,20). The Hall–Kier alpha value is -2.11. The van der Waals surface area contributed by atoms with Crippen LogP contribution in [0, 0.1) is 19.8 Å². The number of nitrogens with zero attached hydrogens (tertiary/aromatic N) is 2. The Kier molecular flexibility index (Phi) is 4.45. The molecule has 1 aliphatic heterocycles. The molecule has 1 fully saturated rings. The van der Waals surface area contributed by atoms with Crippen LogP contribution in [0.1, 0.15) is 31.2 Å². The zero-order valence-electron chi connectivity index (χ0n) is 12.6. The highest BCUT2D eigenvalue weighted by atomic mass is 16.4. The van der Waals surface area contributed by atoms with Gasteiger partial charge < -0.3 is 15.3 Å². The average molecular weight is 291 g/mol. The van der Waals surface area contributed by atoms with Gasteiger partial charge in [0.1, 0.15) is 6.04 Å². The van der Waals surface area contributed by atoms with Gasteiger partial charge in [0, 0.05) is 12.2 Å². The van der Waals surface area contributed by atoms with Crippen molar-refractivity contribution in [1.82, 2.24) is 9.88 Å². The molecule has 1 aromatic rings. The smallest absolute Gasteiger partial charge is 0.326 e. The zero-order valence-corrected chi connectivity index (χ0v) is 12.6. The molecule has 2 atom stereocenters. The van der Waals surface area contributed by atoms with E-state index in [0.717, 1.165) is 24.2 Å². The number of carboxylic acids is 1. The van der Waals surface area contributed by atoms with Gasteiger partial charge in [-0.25, -0.2) is 9.59 Å². The number of urea groups is 1. The third-order valence-corrected chi connectivity index (χ3v) is 3.91. The Bertz CT molecular complexity index is 559. The molecule has 2 N–H and O–H groups in total. The molecule has 1 saturated heterocycles. The third kappa shape index (κ3) is 3.32. The SMILES string of the molecule is Cc1ccc(NC(=O)N2CCCC(C)C2C(=O)O)c(C)n1. The molecule has 6 nitrogen and oxygen atoms in total. The normalized spacial score (nSPS) is 22.0. The van der Waals surface area contributed by atoms with Crippen LogP contribution in [-0.4, -0.2) is 39.6 Å². The van der Waals surface area contributed by atoms with E-state index in [2.05, 4.69) is 10.3 Å². The molecule has 6 heteroatoms. The minimum atomic E-state index is -0.948. The van der Waals surface area contributed by atoms with E-state index in [1.54, 1.807) is 6.07 Å². The summed E-state index contributed by atoms with van der Waals surface area (Å²) in [5, 5.41) is 12.1. The second-order valence-corrected chi connectivity index (χ2v) is 5.61. The molecule has 0 aliphatic carbocycles. The van der Waals surface area contributed by atoms with Gasteiger partial charge in [0.15, 0.2) is 0 Å². The first kappa shape index (κ1) is 15.3. The predicted molar refractivity (Wildman–Crippen MR) is 79.3 cm³/mol. The number of piperidine rings is 1. The molecule has 0 saturated carbocycles. The van der Waals surface area contributed by atoms with Gasteiger partial charge in [-0.3, -0.25) is 4.98 Å². The summed E-state index contributed by atoms with van der Waals surface area (Å²) in [5.41, 5.74) is 2.22. The second-order valence-electron chi connectivity index (χ2n) is 5.61. The molecule has 0 aromatic carbocycles. The van der Waals surface area contributed by atoms with Gasteiger partial charge in [-0.15, -0.1) is 0 Å². The van der Waals surface area contributed by atoms with Crippen molar-refractivity contribution >= 4 is 17.7 Å². The molecular formula is C15H21N3O3. The fourth-order valence-electron chi connectivity index (χ4n) is 2.80. The molecule has 2 heterocycles. The van der Waals surface area contributed by atoms with Crippen LogP contribution in [0.25, 0.3) is 0 Å². The van der Waals surface area contributed by atoms with Gasteiger partial charge in [-0.1, -0.05) is 6.92 Å². The average Bonchev–Trinajstić information content (AvgIpc) is 2.41. The van der Waals surface area contributed by atoms with E-state index >= 15 is 0 Å². The first-order valence-electron chi connectivity index (χ1n) is 7.15. The van der Waals surface area contributed by atoms with Crippen molar-refractivity contribution in [3.05, 3.63) is 23.5 Å². The van der Waals surface area contributed by atoms with Crippen LogP contribution >= 0.6 is 0 Å². The number of amides is 2. The Morgan fingerprint density at radius 3 is 2.71 bits per heavy atom. The summed E-state index contributed by atoms with van der Waals surface area (Å²) in [6, 6.07) is 2.47. The number of aliphatic carboxylic acids is 1. The highest BCUT2D eigenvalue weighted by Gasteiger charge is 2.37. The number of likely N-dealkylation sites (tertiary alicyclic amines) is 1. The molecule has 114 valence electrons. The zero-order chi connectivity index (χ0) is 15.6. The van der Waals surface area contributed by atoms with E-state index in [1.807, 2.05) is 26.8 Å². The number of carboxylic acid groups (broad SMARTS) is 1. The van der Waals surface area contributed by atoms with E-state index in [4.69, 9.17) is 0 Å². The maximum absolute atomic E-state index is 12.4. The van der Waals surface area contributed by atoms with Gasteiger partial charge in [0.25, 0.3) is 0 Å². The second kappa shape index (κ2) is 6.11. The number of rotatable bonds is 2. The lowest BCUT2D eigenvalue weighted by Gasteiger charge is -2.37. The van der Waals surface area contributed by atoms with Crippen molar-refractivity contribution in [2.45, 2.75) is 39.7 Å². The number of hydrogen-bond donors (Lipinski definition) is 2. The minimum absolute atomic E-state index is 0.0424. The first-order chi connectivity index (χ1) is 9.90. The molecule has 0 bridgehead atoms. The van der Waals surface area contributed by atoms with E-state index in [1.165, 1.54) is 4.90 Å². The van der Waals surface area contributed by atoms with Crippen molar-refractivity contribution < 1.29 is 14.7 Å². The van der Waals surface area contributed by atoms with Crippen LogP contribution in [0.5, 0.6) is 0 Å². The topological polar surface area (TPSA) is 82.5 Å². The van der Waals surface area contributed by atoms with Gasteiger partial charge in [0.05, 0.1) is 11.4 Å². The van der Waals surface area contributed by atoms with Crippen LogP contribution in [0.4, 0.5) is 10.5 Å². The Balaban J connectivity index is 2.16. The summed E-state index contributed by atoms with van der Waals surface area (Å²) in [4.78, 5) is 29.5. The number of pyridine rings is 1. The summed E-state index contributed by atoms with van der Waals surface area (Å²) >= 11 is 0. The summed E-state index contributed by atoms with van der Waals surface area (Å²) in [7, 11) is 0. The molecule has 1 aromatic heterocycles. The van der Waals surface area contributed by atoms with Crippen molar-refractivity contribution in [1.29, 1.82) is 0 Å². The number of hydrogen-bond acceptors (Lipinski definition) is 3. The van der Waals surface area contributed by atoms with Gasteiger partial charge in [-0.2, -0.15) is 0 Å². The van der Waals surface area contributed by atoms with Crippen LogP contribution in [0.3, 0.4) is 0 Å². The lowest BCUT2D eigenvalue weighted by atomic mass is 9.91. The summed E-state index contributed by atoms with van der Waals surface area (Å²) in [6.45, 7) is 6.03. The fourth-order valence-corrected chi connectivity index (χ4v) is 2.80. The molecule has 1 aliphatic rings. The Morgan fingerprint density at radius 1 is 1.38 bits per heavy atom. The van der Waals surface area contributed by atoms with Crippen molar-refractivity contribution in [2.75, 3.05) is 11.9 Å². The van der Waals surface area contributed by atoms with Crippen LogP contribution in [0.2, 0.25) is 0 Å². The van der Waals surface area contributed by atoms with Gasteiger partial charge >= 0.3 is 12.0 Å². The highest BCUT2D eigenvalue weighted by molar-refractivity contribution is 5.93. The van der Waals surface area contributed by atoms with Crippen molar-refractivity contribution in [3.63, 3.8) is 0 Å². The molecule has 0 radical (unpaired) electrons. The molecule has 2 amide bonds. The highest BCUT2D eigenvalue weighted by Crippen LogP contribution is 2.24. The molecule has 21 heavy (non-hydrogen) atoms. The van der Waals surface area contributed by atoms with Gasteiger partial charge in [-0.05, 0) is 44.7 Å². The number of nitrogens with one attached hydrogen (secondary N) is 1. The summed E-state index contributed by atoms with van der Waals surface area (Å²) in [6.07, 6.45) is 1.65. The Labute approximate surface area is 124 Å². The lowest BCUT2D eigenvalue weighted by Crippen LogP contribution is -2.53. The number of aromatic nitrogens is 1. The molecule has 2 rings (SSSR count). The number of anilines is 1. The summed E-state index contributed by atoms with van der Waals surface area (Å²) < 4.78 is 0. The monoisotopic (exact) mass is 291 g/mol. The number of carbonyl (C=O) groups excluding carboxylic acids is 1. The van der Waals surface area contributed by atoms with E-state index in [-0.39, 0.29) is 11.9 Å². The van der Waals surface area contributed by atoms with E-state index < -0.39 is 12.0 Å². The minimum Gasteiger partial charge on any atom is -0.480 e. The largest absolute Gasteiger partial charge is 0.480 e.